The third-order valence-corrected chi connectivity index (χ3v) is 5.41. The van der Waals surface area contributed by atoms with Crippen LogP contribution in [0.3, 0.4) is 0 Å². The average Bonchev–Trinajstić information content (AvgIpc) is 2.74. The van der Waals surface area contributed by atoms with Crippen LogP contribution >= 0.6 is 0 Å². The van der Waals surface area contributed by atoms with Gasteiger partial charge in [-0.15, -0.1) is 0 Å². The van der Waals surface area contributed by atoms with Crippen LogP contribution in [0.2, 0.25) is 0 Å². The van der Waals surface area contributed by atoms with Crippen molar-refractivity contribution >= 4 is 0 Å². The number of ether oxygens (including phenoxy) is 2. The Morgan fingerprint density at radius 2 is 1.89 bits per heavy atom. The van der Waals surface area contributed by atoms with Crippen molar-refractivity contribution in [2.45, 2.75) is 38.0 Å². The molecule has 1 saturated heterocycles. The number of halogens is 1. The van der Waals surface area contributed by atoms with Crippen molar-refractivity contribution in [3.63, 3.8) is 0 Å². The molecular weight excluding hydrogens is 355 g/mol. The summed E-state index contributed by atoms with van der Waals surface area (Å²) in [5, 5.41) is 3.74. The Labute approximate surface area is 167 Å². The molecule has 1 aliphatic rings. The van der Waals surface area contributed by atoms with Crippen LogP contribution in [0, 0.1) is 5.82 Å². The number of likely N-dealkylation sites (tertiary alicyclic amines) is 1. The van der Waals surface area contributed by atoms with Crippen LogP contribution in [-0.2, 0) is 4.74 Å². The number of nitrogens with one attached hydrogen (secondary N) is 1. The van der Waals surface area contributed by atoms with Gasteiger partial charge in [0.1, 0.15) is 11.6 Å². The Hall–Kier alpha value is -1.95. The number of piperidine rings is 1. The van der Waals surface area contributed by atoms with Gasteiger partial charge in [-0.1, -0.05) is 30.3 Å². The maximum atomic E-state index is 12.9. The van der Waals surface area contributed by atoms with Crippen LogP contribution in [0.4, 0.5) is 4.39 Å². The van der Waals surface area contributed by atoms with Crippen LogP contribution in [0.25, 0.3) is 0 Å². The summed E-state index contributed by atoms with van der Waals surface area (Å²) in [6.07, 6.45) is 2.18. The second kappa shape index (κ2) is 10.6. The fourth-order valence-corrected chi connectivity index (χ4v) is 3.78. The third-order valence-electron chi connectivity index (χ3n) is 5.41. The predicted octanol–water partition coefficient (Wildman–Crippen LogP) is 4.03. The molecule has 1 N–H and O–H groups in total. The zero-order chi connectivity index (χ0) is 19.8. The van der Waals surface area contributed by atoms with Crippen LogP contribution in [0.15, 0.2) is 54.6 Å². The smallest absolute Gasteiger partial charge is 0.123 e. The summed E-state index contributed by atoms with van der Waals surface area (Å²) < 4.78 is 24.4. The van der Waals surface area contributed by atoms with Gasteiger partial charge in [0.05, 0.1) is 12.7 Å². The van der Waals surface area contributed by atoms with Gasteiger partial charge in [-0.2, -0.15) is 0 Å². The van der Waals surface area contributed by atoms with Crippen molar-refractivity contribution in [3.05, 3.63) is 66.0 Å². The van der Waals surface area contributed by atoms with E-state index in [9.17, 15) is 4.39 Å². The summed E-state index contributed by atoms with van der Waals surface area (Å²) in [7, 11) is 1.80. The van der Waals surface area contributed by atoms with Gasteiger partial charge in [-0.3, -0.25) is 0 Å². The Morgan fingerprint density at radius 1 is 1.14 bits per heavy atom. The SMILES string of the molecule is CO[C@H]1CN(CCCOc2ccc(F)cc2)CC[C@H]1NC(C)c1ccccc1. The fourth-order valence-electron chi connectivity index (χ4n) is 3.78. The summed E-state index contributed by atoms with van der Waals surface area (Å²) in [6.45, 7) is 5.79. The normalized spacial score (nSPS) is 21.4. The number of rotatable bonds is 9. The lowest BCUT2D eigenvalue weighted by molar-refractivity contribution is 0.00192. The molecule has 2 aromatic rings. The minimum atomic E-state index is -0.240. The van der Waals surface area contributed by atoms with Crippen molar-refractivity contribution in [3.8, 4) is 5.75 Å². The molecule has 5 heteroatoms. The second-order valence-electron chi connectivity index (χ2n) is 7.42. The van der Waals surface area contributed by atoms with Crippen molar-refractivity contribution in [2.24, 2.45) is 0 Å². The molecule has 1 unspecified atom stereocenters. The van der Waals surface area contributed by atoms with E-state index in [-0.39, 0.29) is 11.9 Å². The van der Waals surface area contributed by atoms with Crippen LogP contribution in [0.1, 0.15) is 31.4 Å². The number of hydrogen-bond donors (Lipinski definition) is 1. The zero-order valence-corrected chi connectivity index (χ0v) is 16.8. The summed E-state index contributed by atoms with van der Waals surface area (Å²) in [5.74, 6) is 0.477. The Morgan fingerprint density at radius 3 is 2.61 bits per heavy atom. The van der Waals surface area contributed by atoms with Gasteiger partial charge in [0, 0.05) is 32.3 Å². The summed E-state index contributed by atoms with van der Waals surface area (Å²) in [5.41, 5.74) is 1.30. The maximum absolute atomic E-state index is 12.9. The van der Waals surface area contributed by atoms with Gasteiger partial charge < -0.3 is 19.7 Å². The lowest BCUT2D eigenvalue weighted by Gasteiger charge is -2.39. The Balaban J connectivity index is 1.40. The molecule has 0 saturated carbocycles. The number of methoxy groups -OCH3 is 1. The van der Waals surface area contributed by atoms with E-state index in [1.54, 1.807) is 19.2 Å². The van der Waals surface area contributed by atoms with Gasteiger partial charge in [0.25, 0.3) is 0 Å². The molecule has 0 amide bonds. The van der Waals surface area contributed by atoms with E-state index >= 15 is 0 Å². The lowest BCUT2D eigenvalue weighted by Crippen LogP contribution is -2.54. The highest BCUT2D eigenvalue weighted by atomic mass is 19.1. The molecule has 2 aromatic carbocycles. The summed E-state index contributed by atoms with van der Waals surface area (Å²) in [6, 6.07) is 17.4. The highest BCUT2D eigenvalue weighted by Gasteiger charge is 2.29. The monoisotopic (exact) mass is 386 g/mol. The summed E-state index contributed by atoms with van der Waals surface area (Å²) in [4.78, 5) is 2.44. The molecule has 28 heavy (non-hydrogen) atoms. The van der Waals surface area contributed by atoms with E-state index in [1.165, 1.54) is 17.7 Å². The van der Waals surface area contributed by atoms with E-state index < -0.39 is 0 Å². The standard InChI is InChI=1S/C23H31FN2O2/c1-18(19-7-4-3-5-8-19)25-22-13-15-26(17-23(22)27-2)14-6-16-28-21-11-9-20(24)10-12-21/h3-5,7-12,18,22-23,25H,6,13-17H2,1-2H3/t18?,22-,23+/m1/s1. The molecule has 0 bridgehead atoms. The maximum Gasteiger partial charge on any atom is 0.123 e. The first kappa shape index (κ1) is 20.8. The van der Waals surface area contributed by atoms with E-state index in [2.05, 4.69) is 41.4 Å². The topological polar surface area (TPSA) is 33.7 Å². The van der Waals surface area contributed by atoms with Gasteiger partial charge in [-0.05, 0) is 56.1 Å². The fraction of sp³-hybridized carbons (Fsp3) is 0.478. The van der Waals surface area contributed by atoms with Gasteiger partial charge in [0.15, 0.2) is 0 Å². The third kappa shape index (κ3) is 6.03. The highest BCUT2D eigenvalue weighted by molar-refractivity contribution is 5.22. The van der Waals surface area contributed by atoms with Crippen molar-refractivity contribution in [2.75, 3.05) is 33.4 Å². The first-order valence-electron chi connectivity index (χ1n) is 10.1. The number of benzene rings is 2. The van der Waals surface area contributed by atoms with Gasteiger partial charge >= 0.3 is 0 Å². The second-order valence-corrected chi connectivity index (χ2v) is 7.42. The van der Waals surface area contributed by atoms with Crippen molar-refractivity contribution in [1.82, 2.24) is 10.2 Å². The van der Waals surface area contributed by atoms with Crippen molar-refractivity contribution < 1.29 is 13.9 Å². The average molecular weight is 387 g/mol. The molecule has 0 aromatic heterocycles. The number of nitrogens with zero attached hydrogens (tertiary/aromatic N) is 1. The predicted molar refractivity (Wildman–Crippen MR) is 110 cm³/mol. The van der Waals surface area contributed by atoms with Crippen LogP contribution < -0.4 is 10.1 Å². The molecule has 1 heterocycles. The van der Waals surface area contributed by atoms with E-state index in [4.69, 9.17) is 9.47 Å². The quantitative estimate of drug-likeness (QED) is 0.660. The largest absolute Gasteiger partial charge is 0.494 e. The molecular formula is C23H31FN2O2. The molecule has 3 rings (SSSR count). The minimum Gasteiger partial charge on any atom is -0.494 e. The number of hydrogen-bond acceptors (Lipinski definition) is 4. The summed E-state index contributed by atoms with van der Waals surface area (Å²) >= 11 is 0. The Kier molecular flexibility index (Phi) is 7.83. The van der Waals surface area contributed by atoms with E-state index in [0.29, 0.717) is 24.4 Å². The molecule has 3 atom stereocenters. The van der Waals surface area contributed by atoms with Crippen LogP contribution in [0.5, 0.6) is 5.75 Å². The molecule has 1 aliphatic heterocycles. The molecule has 4 nitrogen and oxygen atoms in total. The van der Waals surface area contributed by atoms with E-state index in [0.717, 1.165) is 32.5 Å². The van der Waals surface area contributed by atoms with E-state index in [1.807, 2.05) is 6.07 Å². The molecule has 152 valence electrons. The molecule has 0 spiro atoms. The first-order chi connectivity index (χ1) is 13.7. The van der Waals surface area contributed by atoms with Crippen molar-refractivity contribution in [1.29, 1.82) is 0 Å². The van der Waals surface area contributed by atoms with Crippen LogP contribution in [-0.4, -0.2) is 50.4 Å². The molecule has 1 fully saturated rings. The first-order valence-corrected chi connectivity index (χ1v) is 10.1. The highest BCUT2D eigenvalue weighted by Crippen LogP contribution is 2.19. The lowest BCUT2D eigenvalue weighted by atomic mass is 9.99. The van der Waals surface area contributed by atoms with Gasteiger partial charge in [0.2, 0.25) is 0 Å². The zero-order valence-electron chi connectivity index (χ0n) is 16.8. The van der Waals surface area contributed by atoms with Gasteiger partial charge in [-0.25, -0.2) is 4.39 Å². The molecule has 0 aliphatic carbocycles. The minimum absolute atomic E-state index is 0.179. The molecule has 0 radical (unpaired) electrons. The Bertz CT molecular complexity index is 696.